The molecule has 1 aliphatic carbocycles. The average molecular weight is 317 g/mol. The first-order valence-corrected chi connectivity index (χ1v) is 7.57. The molecule has 17 heavy (non-hydrogen) atoms. The van der Waals surface area contributed by atoms with Gasteiger partial charge in [-0.15, -0.1) is 0 Å². The Labute approximate surface area is 117 Å². The number of rotatable bonds is 3. The van der Waals surface area contributed by atoms with Gasteiger partial charge < -0.3 is 5.32 Å². The van der Waals surface area contributed by atoms with Crippen molar-refractivity contribution in [2.45, 2.75) is 45.1 Å². The molecule has 94 valence electrons. The van der Waals surface area contributed by atoms with E-state index in [0.29, 0.717) is 6.04 Å². The standard InChI is InChI=1S/C14H19BrClN/c1-2-10-3-6-12(7-4-10)17-14-9-11(16)5-8-13(14)15/h5,8-10,12,17H,2-4,6-7H2,1H3. The highest BCUT2D eigenvalue weighted by molar-refractivity contribution is 9.10. The smallest absolute Gasteiger partial charge is 0.0501 e. The van der Waals surface area contributed by atoms with E-state index in [-0.39, 0.29) is 0 Å². The maximum Gasteiger partial charge on any atom is 0.0501 e. The molecule has 1 fully saturated rings. The lowest BCUT2D eigenvalue weighted by Gasteiger charge is -2.29. The molecule has 0 unspecified atom stereocenters. The highest BCUT2D eigenvalue weighted by Gasteiger charge is 2.20. The lowest BCUT2D eigenvalue weighted by atomic mass is 9.84. The first kappa shape index (κ1) is 13.2. The number of anilines is 1. The molecule has 2 rings (SSSR count). The van der Waals surface area contributed by atoms with E-state index < -0.39 is 0 Å². The third kappa shape index (κ3) is 3.62. The van der Waals surface area contributed by atoms with Gasteiger partial charge in [-0.05, 0) is 65.7 Å². The summed E-state index contributed by atoms with van der Waals surface area (Å²) in [5.74, 6) is 0.941. The van der Waals surface area contributed by atoms with Crippen LogP contribution in [-0.2, 0) is 0 Å². The second-order valence-corrected chi connectivity index (χ2v) is 6.19. The minimum absolute atomic E-state index is 0.604. The summed E-state index contributed by atoms with van der Waals surface area (Å²) >= 11 is 9.58. The summed E-state index contributed by atoms with van der Waals surface area (Å²) in [5, 5.41) is 4.39. The van der Waals surface area contributed by atoms with Crippen LogP contribution < -0.4 is 5.32 Å². The van der Waals surface area contributed by atoms with Crippen molar-refractivity contribution in [1.82, 2.24) is 0 Å². The van der Waals surface area contributed by atoms with Crippen molar-refractivity contribution in [3.63, 3.8) is 0 Å². The van der Waals surface area contributed by atoms with Crippen molar-refractivity contribution in [2.24, 2.45) is 5.92 Å². The lowest BCUT2D eigenvalue weighted by molar-refractivity contribution is 0.330. The Balaban J connectivity index is 1.95. The van der Waals surface area contributed by atoms with Crippen molar-refractivity contribution in [3.05, 3.63) is 27.7 Å². The van der Waals surface area contributed by atoms with Crippen LogP contribution in [0.4, 0.5) is 5.69 Å². The van der Waals surface area contributed by atoms with Crippen LogP contribution in [0, 0.1) is 5.92 Å². The first-order valence-electron chi connectivity index (χ1n) is 6.40. The van der Waals surface area contributed by atoms with Gasteiger partial charge in [0.25, 0.3) is 0 Å². The van der Waals surface area contributed by atoms with Crippen LogP contribution in [-0.4, -0.2) is 6.04 Å². The number of nitrogens with one attached hydrogen (secondary N) is 1. The highest BCUT2D eigenvalue weighted by Crippen LogP contribution is 2.31. The van der Waals surface area contributed by atoms with Gasteiger partial charge >= 0.3 is 0 Å². The molecule has 0 atom stereocenters. The second-order valence-electron chi connectivity index (χ2n) is 4.89. The Morgan fingerprint density at radius 3 is 2.65 bits per heavy atom. The fourth-order valence-corrected chi connectivity index (χ4v) is 3.08. The van der Waals surface area contributed by atoms with Gasteiger partial charge in [0, 0.05) is 15.5 Å². The molecular formula is C14H19BrClN. The van der Waals surface area contributed by atoms with Crippen LogP contribution >= 0.6 is 27.5 Å². The molecule has 0 radical (unpaired) electrons. The van der Waals surface area contributed by atoms with Crippen molar-refractivity contribution in [1.29, 1.82) is 0 Å². The predicted molar refractivity (Wildman–Crippen MR) is 78.8 cm³/mol. The summed E-state index contributed by atoms with van der Waals surface area (Å²) in [4.78, 5) is 0. The Kier molecular flexibility index (Phi) is 4.75. The fraction of sp³-hybridized carbons (Fsp3) is 0.571. The minimum Gasteiger partial charge on any atom is -0.381 e. The molecule has 0 amide bonds. The van der Waals surface area contributed by atoms with Gasteiger partial charge in [0.1, 0.15) is 0 Å². The van der Waals surface area contributed by atoms with E-state index in [9.17, 15) is 0 Å². The van der Waals surface area contributed by atoms with Gasteiger partial charge in [-0.1, -0.05) is 24.9 Å². The van der Waals surface area contributed by atoms with Crippen LogP contribution in [0.3, 0.4) is 0 Å². The van der Waals surface area contributed by atoms with Crippen LogP contribution in [0.1, 0.15) is 39.0 Å². The normalized spacial score (nSPS) is 24.6. The molecule has 0 bridgehead atoms. The van der Waals surface area contributed by atoms with E-state index in [1.807, 2.05) is 18.2 Å². The largest absolute Gasteiger partial charge is 0.381 e. The van der Waals surface area contributed by atoms with E-state index in [0.717, 1.165) is 21.1 Å². The number of halogens is 2. The monoisotopic (exact) mass is 315 g/mol. The Morgan fingerprint density at radius 2 is 2.00 bits per heavy atom. The molecule has 0 saturated heterocycles. The van der Waals surface area contributed by atoms with Gasteiger partial charge in [-0.25, -0.2) is 0 Å². The van der Waals surface area contributed by atoms with E-state index in [1.165, 1.54) is 32.1 Å². The molecule has 3 heteroatoms. The molecule has 1 nitrogen and oxygen atoms in total. The van der Waals surface area contributed by atoms with Crippen molar-refractivity contribution >= 4 is 33.2 Å². The predicted octanol–water partition coefficient (Wildman–Crippen LogP) is 5.48. The first-order chi connectivity index (χ1) is 8.19. The third-order valence-electron chi connectivity index (χ3n) is 3.71. The molecular weight excluding hydrogens is 298 g/mol. The summed E-state index contributed by atoms with van der Waals surface area (Å²) in [7, 11) is 0. The zero-order valence-corrected chi connectivity index (χ0v) is 12.5. The number of benzene rings is 1. The molecule has 1 aromatic rings. The van der Waals surface area contributed by atoms with Gasteiger partial charge in [0.05, 0.1) is 5.69 Å². The lowest BCUT2D eigenvalue weighted by Crippen LogP contribution is -2.26. The van der Waals surface area contributed by atoms with Crippen LogP contribution in [0.2, 0.25) is 5.02 Å². The molecule has 0 aromatic heterocycles. The Morgan fingerprint density at radius 1 is 1.29 bits per heavy atom. The molecule has 1 saturated carbocycles. The average Bonchev–Trinajstić information content (AvgIpc) is 2.35. The summed E-state index contributed by atoms with van der Waals surface area (Å²) in [6, 6.07) is 6.51. The fourth-order valence-electron chi connectivity index (χ4n) is 2.54. The highest BCUT2D eigenvalue weighted by atomic mass is 79.9. The molecule has 0 spiro atoms. The molecule has 1 aromatic carbocycles. The Hall–Kier alpha value is -0.210. The van der Waals surface area contributed by atoms with Gasteiger partial charge in [-0.3, -0.25) is 0 Å². The zero-order chi connectivity index (χ0) is 12.3. The SMILES string of the molecule is CCC1CCC(Nc2cc(Cl)ccc2Br)CC1. The van der Waals surface area contributed by atoms with E-state index >= 15 is 0 Å². The van der Waals surface area contributed by atoms with Crippen LogP contribution in [0.25, 0.3) is 0 Å². The second kappa shape index (κ2) is 6.10. The van der Waals surface area contributed by atoms with E-state index in [2.05, 4.69) is 28.2 Å². The van der Waals surface area contributed by atoms with E-state index in [1.54, 1.807) is 0 Å². The summed E-state index contributed by atoms with van der Waals surface area (Å²) in [5.41, 5.74) is 1.12. The summed E-state index contributed by atoms with van der Waals surface area (Å²) in [6.45, 7) is 2.30. The van der Waals surface area contributed by atoms with Gasteiger partial charge in [0.15, 0.2) is 0 Å². The zero-order valence-electron chi connectivity index (χ0n) is 10.2. The van der Waals surface area contributed by atoms with Crippen molar-refractivity contribution in [2.75, 3.05) is 5.32 Å². The molecule has 0 heterocycles. The number of hydrogen-bond donors (Lipinski definition) is 1. The number of hydrogen-bond acceptors (Lipinski definition) is 1. The maximum absolute atomic E-state index is 6.02. The molecule has 1 N–H and O–H groups in total. The quantitative estimate of drug-likeness (QED) is 0.778. The molecule has 1 aliphatic rings. The maximum atomic E-state index is 6.02. The Bertz CT molecular complexity index is 372. The topological polar surface area (TPSA) is 12.0 Å². The molecule has 0 aliphatic heterocycles. The van der Waals surface area contributed by atoms with Gasteiger partial charge in [0.2, 0.25) is 0 Å². The van der Waals surface area contributed by atoms with E-state index in [4.69, 9.17) is 11.6 Å². The minimum atomic E-state index is 0.604. The van der Waals surface area contributed by atoms with Crippen molar-refractivity contribution in [3.8, 4) is 0 Å². The van der Waals surface area contributed by atoms with Crippen LogP contribution in [0.15, 0.2) is 22.7 Å². The summed E-state index contributed by atoms with van der Waals surface area (Å²) < 4.78 is 1.10. The van der Waals surface area contributed by atoms with Crippen molar-refractivity contribution < 1.29 is 0 Å². The third-order valence-corrected chi connectivity index (χ3v) is 4.64. The van der Waals surface area contributed by atoms with Gasteiger partial charge in [-0.2, -0.15) is 0 Å². The van der Waals surface area contributed by atoms with Crippen LogP contribution in [0.5, 0.6) is 0 Å². The summed E-state index contributed by atoms with van der Waals surface area (Å²) in [6.07, 6.45) is 6.58.